The van der Waals surface area contributed by atoms with E-state index in [4.69, 9.17) is 5.11 Å². The van der Waals surface area contributed by atoms with Gasteiger partial charge in [0.25, 0.3) is 0 Å². The molecule has 0 bridgehead atoms. The van der Waals surface area contributed by atoms with Crippen molar-refractivity contribution in [1.29, 1.82) is 0 Å². The third-order valence-corrected chi connectivity index (χ3v) is 2.14. The number of carboxylic acid groups (broad SMARTS) is 1. The smallest absolute Gasteiger partial charge is 0.307 e. The molecular formula is C10H10O3S. The van der Waals surface area contributed by atoms with Gasteiger partial charge in [0.05, 0.1) is 6.42 Å². The van der Waals surface area contributed by atoms with Gasteiger partial charge in [-0.2, -0.15) is 0 Å². The van der Waals surface area contributed by atoms with E-state index in [1.165, 1.54) is 0 Å². The Hall–Kier alpha value is -1.29. The first-order chi connectivity index (χ1) is 6.52. The standard InChI is InChI=1S/C10H10O3S/c1-6-3-2-4-7(5-8(11)12)9(6)10(13)14/h2-4H,5H2,1H3,(H,11,12)(H,13,14). The molecule has 0 unspecified atom stereocenters. The molecule has 4 heteroatoms. The molecule has 0 fully saturated rings. The number of aryl methyl sites for hydroxylation is 1. The van der Waals surface area contributed by atoms with Gasteiger partial charge in [-0.1, -0.05) is 18.2 Å². The molecule has 1 aromatic rings. The average molecular weight is 210 g/mol. The summed E-state index contributed by atoms with van der Waals surface area (Å²) in [4.78, 5) is 21.7. The topological polar surface area (TPSA) is 54.4 Å². The number of hydrogen-bond acceptors (Lipinski definition) is 2. The van der Waals surface area contributed by atoms with Gasteiger partial charge in [-0.3, -0.25) is 9.59 Å². The second-order valence-corrected chi connectivity index (χ2v) is 3.39. The van der Waals surface area contributed by atoms with Gasteiger partial charge in [0.15, 0.2) is 0 Å². The van der Waals surface area contributed by atoms with Crippen LogP contribution in [0.15, 0.2) is 18.2 Å². The van der Waals surface area contributed by atoms with E-state index < -0.39 is 5.97 Å². The highest BCUT2D eigenvalue weighted by molar-refractivity contribution is 7.97. The van der Waals surface area contributed by atoms with Crippen LogP contribution in [0.2, 0.25) is 0 Å². The number of rotatable bonds is 3. The van der Waals surface area contributed by atoms with E-state index in [1.807, 2.05) is 0 Å². The summed E-state index contributed by atoms with van der Waals surface area (Å²) < 4.78 is 0. The Kier molecular flexibility index (Phi) is 3.30. The monoisotopic (exact) mass is 210 g/mol. The lowest BCUT2D eigenvalue weighted by atomic mass is 10.0. The van der Waals surface area contributed by atoms with Crippen molar-refractivity contribution in [2.75, 3.05) is 0 Å². The van der Waals surface area contributed by atoms with Crippen LogP contribution in [0.3, 0.4) is 0 Å². The summed E-state index contributed by atoms with van der Waals surface area (Å²) >= 11 is 3.72. The molecule has 0 saturated heterocycles. The molecule has 0 heterocycles. The van der Waals surface area contributed by atoms with Gasteiger partial charge < -0.3 is 5.11 Å². The molecule has 0 amide bonds. The molecule has 0 aliphatic heterocycles. The number of carbonyl (C=O) groups is 2. The lowest BCUT2D eigenvalue weighted by Gasteiger charge is -2.06. The van der Waals surface area contributed by atoms with Crippen LogP contribution < -0.4 is 0 Å². The van der Waals surface area contributed by atoms with Gasteiger partial charge in [0.2, 0.25) is 5.12 Å². The first-order valence-electron chi connectivity index (χ1n) is 4.06. The molecule has 0 aromatic heterocycles. The highest BCUT2D eigenvalue weighted by atomic mass is 32.1. The van der Waals surface area contributed by atoms with Gasteiger partial charge in [0, 0.05) is 5.56 Å². The summed E-state index contributed by atoms with van der Waals surface area (Å²) in [5, 5.41) is 8.24. The number of carbonyl (C=O) groups excluding carboxylic acids is 1. The minimum atomic E-state index is -0.952. The predicted octanol–water partition coefficient (Wildman–Crippen LogP) is 1.69. The SMILES string of the molecule is Cc1cccc(CC(=O)O)c1C(=O)S. The second kappa shape index (κ2) is 4.28. The molecule has 1 N–H and O–H groups in total. The fourth-order valence-corrected chi connectivity index (χ4v) is 1.66. The average Bonchev–Trinajstić information content (AvgIpc) is 2.01. The Morgan fingerprint density at radius 2 is 2.07 bits per heavy atom. The first-order valence-corrected chi connectivity index (χ1v) is 4.50. The second-order valence-electron chi connectivity index (χ2n) is 2.98. The summed E-state index contributed by atoms with van der Waals surface area (Å²) in [5.74, 6) is -0.952. The van der Waals surface area contributed by atoms with Crippen LogP contribution in [0.1, 0.15) is 21.5 Å². The maximum atomic E-state index is 11.1. The van der Waals surface area contributed by atoms with E-state index in [0.717, 1.165) is 5.56 Å². The number of benzene rings is 1. The number of aliphatic carboxylic acids is 1. The van der Waals surface area contributed by atoms with E-state index in [9.17, 15) is 9.59 Å². The number of carboxylic acids is 1. The Morgan fingerprint density at radius 3 is 2.57 bits per heavy atom. The van der Waals surface area contributed by atoms with Crippen molar-refractivity contribution >= 4 is 23.7 Å². The maximum Gasteiger partial charge on any atom is 0.307 e. The number of hydrogen-bond donors (Lipinski definition) is 2. The van der Waals surface area contributed by atoms with Crippen LogP contribution in [-0.2, 0) is 11.2 Å². The van der Waals surface area contributed by atoms with Gasteiger partial charge in [0.1, 0.15) is 0 Å². The Balaban J connectivity index is 3.21. The van der Waals surface area contributed by atoms with Crippen molar-refractivity contribution in [2.24, 2.45) is 0 Å². The zero-order valence-corrected chi connectivity index (χ0v) is 8.54. The highest BCUT2D eigenvalue weighted by Gasteiger charge is 2.12. The molecule has 0 aliphatic rings. The van der Waals surface area contributed by atoms with Crippen LogP contribution in [-0.4, -0.2) is 16.2 Å². The largest absolute Gasteiger partial charge is 0.481 e. The highest BCUT2D eigenvalue weighted by Crippen LogP contribution is 2.17. The molecule has 3 nitrogen and oxygen atoms in total. The zero-order valence-electron chi connectivity index (χ0n) is 7.65. The van der Waals surface area contributed by atoms with Crippen LogP contribution >= 0.6 is 12.6 Å². The molecule has 0 atom stereocenters. The molecule has 0 radical (unpaired) electrons. The molecule has 0 saturated carbocycles. The van der Waals surface area contributed by atoms with Crippen molar-refractivity contribution in [1.82, 2.24) is 0 Å². The van der Waals surface area contributed by atoms with Gasteiger partial charge in [-0.25, -0.2) is 0 Å². The first kappa shape index (κ1) is 10.8. The zero-order chi connectivity index (χ0) is 10.7. The number of thiol groups is 1. The van der Waals surface area contributed by atoms with Crippen molar-refractivity contribution in [3.63, 3.8) is 0 Å². The minimum absolute atomic E-state index is 0.149. The summed E-state index contributed by atoms with van der Waals surface area (Å²) in [7, 11) is 0. The van der Waals surface area contributed by atoms with Gasteiger partial charge in [-0.15, -0.1) is 12.6 Å². The van der Waals surface area contributed by atoms with E-state index in [0.29, 0.717) is 11.1 Å². The van der Waals surface area contributed by atoms with Crippen molar-refractivity contribution in [3.05, 3.63) is 34.9 Å². The molecule has 0 spiro atoms. The van der Waals surface area contributed by atoms with Crippen LogP contribution in [0, 0.1) is 6.92 Å². The normalized spacial score (nSPS) is 9.86. The summed E-state index contributed by atoms with van der Waals surface area (Å²) in [5.41, 5.74) is 1.67. The van der Waals surface area contributed by atoms with Crippen LogP contribution in [0.4, 0.5) is 0 Å². The van der Waals surface area contributed by atoms with E-state index in [-0.39, 0.29) is 11.5 Å². The third-order valence-electron chi connectivity index (χ3n) is 1.91. The third kappa shape index (κ3) is 2.35. The van der Waals surface area contributed by atoms with E-state index in [2.05, 4.69) is 12.6 Å². The van der Waals surface area contributed by atoms with E-state index in [1.54, 1.807) is 25.1 Å². The van der Waals surface area contributed by atoms with Crippen molar-refractivity contribution < 1.29 is 14.7 Å². The summed E-state index contributed by atoms with van der Waals surface area (Å²) in [6.07, 6.45) is -0.149. The Labute approximate surface area is 87.2 Å². The fraction of sp³-hybridized carbons (Fsp3) is 0.200. The summed E-state index contributed by atoms with van der Waals surface area (Å²) in [6.45, 7) is 1.76. The predicted molar refractivity (Wildman–Crippen MR) is 55.8 cm³/mol. The lowest BCUT2D eigenvalue weighted by molar-refractivity contribution is -0.136. The van der Waals surface area contributed by atoms with Crippen LogP contribution in [0.5, 0.6) is 0 Å². The quantitative estimate of drug-likeness (QED) is 0.746. The Morgan fingerprint density at radius 1 is 1.43 bits per heavy atom. The lowest BCUT2D eigenvalue weighted by Crippen LogP contribution is -2.06. The Bertz CT molecular complexity index is 385. The maximum absolute atomic E-state index is 11.1. The molecule has 0 aliphatic carbocycles. The van der Waals surface area contributed by atoms with Crippen molar-refractivity contribution in [3.8, 4) is 0 Å². The van der Waals surface area contributed by atoms with Gasteiger partial charge in [-0.05, 0) is 18.1 Å². The molecule has 1 aromatic carbocycles. The minimum Gasteiger partial charge on any atom is -0.481 e. The summed E-state index contributed by atoms with van der Waals surface area (Å²) in [6, 6.07) is 5.12. The molecular weight excluding hydrogens is 200 g/mol. The molecule has 1 rings (SSSR count). The van der Waals surface area contributed by atoms with Crippen LogP contribution in [0.25, 0.3) is 0 Å². The van der Waals surface area contributed by atoms with Gasteiger partial charge >= 0.3 is 5.97 Å². The fourth-order valence-electron chi connectivity index (χ4n) is 1.34. The molecule has 74 valence electrons. The van der Waals surface area contributed by atoms with Crippen molar-refractivity contribution in [2.45, 2.75) is 13.3 Å². The van der Waals surface area contributed by atoms with E-state index >= 15 is 0 Å². The molecule has 14 heavy (non-hydrogen) atoms.